The summed E-state index contributed by atoms with van der Waals surface area (Å²) in [6.45, 7) is 6.26. The Morgan fingerprint density at radius 2 is 2.33 bits per heavy atom. The number of benzene rings is 1. The lowest BCUT2D eigenvalue weighted by atomic mass is 9.96. The molecule has 0 bridgehead atoms. The lowest BCUT2D eigenvalue weighted by Gasteiger charge is -2.37. The van der Waals surface area contributed by atoms with Crippen LogP contribution in [0.3, 0.4) is 0 Å². The van der Waals surface area contributed by atoms with Gasteiger partial charge in [-0.2, -0.15) is 5.26 Å². The number of fused-ring (bicyclic) bond motifs is 1. The number of nitrogens with zero attached hydrogens (tertiary/aromatic N) is 2. The molecular formula is C18H25N3. The molecule has 21 heavy (non-hydrogen) atoms. The fourth-order valence-corrected chi connectivity index (χ4v) is 4.06. The summed E-state index contributed by atoms with van der Waals surface area (Å²) < 4.78 is 0. The molecule has 1 aromatic carbocycles. The van der Waals surface area contributed by atoms with Crippen LogP contribution in [-0.2, 0) is 6.42 Å². The molecular weight excluding hydrogens is 258 g/mol. The summed E-state index contributed by atoms with van der Waals surface area (Å²) in [7, 11) is 0. The molecule has 2 aliphatic rings. The van der Waals surface area contributed by atoms with Gasteiger partial charge in [-0.05, 0) is 57.2 Å². The van der Waals surface area contributed by atoms with Gasteiger partial charge in [0.1, 0.15) is 5.54 Å². The molecule has 0 saturated heterocycles. The average molecular weight is 283 g/mol. The number of aryl methyl sites for hydroxylation is 2. The second-order valence-corrected chi connectivity index (χ2v) is 6.55. The van der Waals surface area contributed by atoms with Gasteiger partial charge < -0.3 is 4.90 Å². The Hall–Kier alpha value is -1.53. The van der Waals surface area contributed by atoms with Crippen LogP contribution in [0.4, 0.5) is 5.69 Å². The van der Waals surface area contributed by atoms with Crippen molar-refractivity contribution in [1.82, 2.24) is 5.32 Å². The van der Waals surface area contributed by atoms with E-state index in [2.05, 4.69) is 48.3 Å². The maximum Gasteiger partial charge on any atom is 0.108 e. The van der Waals surface area contributed by atoms with Gasteiger partial charge in [-0.1, -0.05) is 24.6 Å². The minimum Gasteiger partial charge on any atom is -0.368 e. The van der Waals surface area contributed by atoms with E-state index in [0.29, 0.717) is 6.04 Å². The number of nitrogens with one attached hydrogen (secondary N) is 1. The first kappa shape index (κ1) is 14.4. The van der Waals surface area contributed by atoms with Gasteiger partial charge in [0.25, 0.3) is 0 Å². The number of anilines is 1. The van der Waals surface area contributed by atoms with Crippen molar-refractivity contribution >= 4 is 5.69 Å². The minimum absolute atomic E-state index is 0.304. The zero-order chi connectivity index (χ0) is 14.9. The Morgan fingerprint density at radius 1 is 1.48 bits per heavy atom. The van der Waals surface area contributed by atoms with Crippen LogP contribution in [0.2, 0.25) is 0 Å². The highest BCUT2D eigenvalue weighted by Crippen LogP contribution is 2.38. The van der Waals surface area contributed by atoms with Gasteiger partial charge in [-0.15, -0.1) is 0 Å². The summed E-state index contributed by atoms with van der Waals surface area (Å²) >= 11 is 0. The molecule has 1 fully saturated rings. The highest BCUT2D eigenvalue weighted by Gasteiger charge is 2.41. The molecule has 1 aliphatic heterocycles. The Labute approximate surface area is 128 Å². The van der Waals surface area contributed by atoms with Gasteiger partial charge in [0.2, 0.25) is 0 Å². The van der Waals surface area contributed by atoms with Gasteiger partial charge in [0.05, 0.1) is 6.07 Å². The second-order valence-electron chi connectivity index (χ2n) is 6.55. The molecule has 1 aromatic rings. The number of hydrogen-bond donors (Lipinski definition) is 1. The lowest BCUT2D eigenvalue weighted by Crippen LogP contribution is -2.44. The van der Waals surface area contributed by atoms with Crippen molar-refractivity contribution in [2.24, 2.45) is 0 Å². The van der Waals surface area contributed by atoms with Crippen LogP contribution < -0.4 is 10.2 Å². The summed E-state index contributed by atoms with van der Waals surface area (Å²) in [5.41, 5.74) is 3.93. The topological polar surface area (TPSA) is 39.1 Å². The van der Waals surface area contributed by atoms with E-state index >= 15 is 0 Å². The first-order valence-electron chi connectivity index (χ1n) is 8.20. The minimum atomic E-state index is -0.304. The van der Waals surface area contributed by atoms with Crippen LogP contribution in [0.5, 0.6) is 0 Å². The van der Waals surface area contributed by atoms with Gasteiger partial charge in [-0.25, -0.2) is 0 Å². The average Bonchev–Trinajstić information content (AvgIpc) is 2.91. The van der Waals surface area contributed by atoms with E-state index in [4.69, 9.17) is 0 Å². The molecule has 3 rings (SSSR count). The molecule has 1 heterocycles. The Balaban J connectivity index is 1.83. The van der Waals surface area contributed by atoms with Gasteiger partial charge in [-0.3, -0.25) is 5.32 Å². The second kappa shape index (κ2) is 5.69. The van der Waals surface area contributed by atoms with Crippen molar-refractivity contribution in [3.8, 4) is 6.07 Å². The fraction of sp³-hybridized carbons (Fsp3) is 0.611. The summed E-state index contributed by atoms with van der Waals surface area (Å²) in [6, 6.07) is 9.88. The maximum atomic E-state index is 9.56. The Morgan fingerprint density at radius 3 is 3.10 bits per heavy atom. The zero-order valence-corrected chi connectivity index (χ0v) is 13.2. The maximum absolute atomic E-state index is 9.56. The monoisotopic (exact) mass is 283 g/mol. The molecule has 3 heteroatoms. The standard InChI is InChI=1S/C18H25N3/c1-3-20-18(13-19)9-8-16(12-18)21-10-4-5-15-11-14(2)6-7-17(15)21/h6-7,11,16,20H,3-5,8-10,12H2,1-2H3. The molecule has 1 N–H and O–H groups in total. The molecule has 1 aliphatic carbocycles. The van der Waals surface area contributed by atoms with Crippen LogP contribution in [0.15, 0.2) is 18.2 Å². The third-order valence-corrected chi connectivity index (χ3v) is 5.05. The van der Waals surface area contributed by atoms with E-state index in [1.165, 1.54) is 29.7 Å². The molecule has 3 nitrogen and oxygen atoms in total. The van der Waals surface area contributed by atoms with E-state index < -0.39 is 0 Å². The lowest BCUT2D eigenvalue weighted by molar-refractivity contribution is 0.424. The van der Waals surface area contributed by atoms with E-state index in [-0.39, 0.29) is 5.54 Å². The van der Waals surface area contributed by atoms with Crippen molar-refractivity contribution in [2.45, 2.75) is 57.5 Å². The molecule has 112 valence electrons. The zero-order valence-electron chi connectivity index (χ0n) is 13.2. The summed E-state index contributed by atoms with van der Waals surface area (Å²) in [5, 5.41) is 13.0. The number of nitriles is 1. The third-order valence-electron chi connectivity index (χ3n) is 5.05. The quantitative estimate of drug-likeness (QED) is 0.926. The normalized spacial score (nSPS) is 28.2. The molecule has 2 atom stereocenters. The third kappa shape index (κ3) is 2.65. The largest absolute Gasteiger partial charge is 0.368 e. The summed E-state index contributed by atoms with van der Waals surface area (Å²) in [6.07, 6.45) is 5.46. The first-order chi connectivity index (χ1) is 10.2. The van der Waals surface area contributed by atoms with Gasteiger partial charge >= 0.3 is 0 Å². The molecule has 1 saturated carbocycles. The Bertz CT molecular complexity index is 560. The molecule has 0 amide bonds. The summed E-state index contributed by atoms with van der Waals surface area (Å²) in [5.74, 6) is 0. The van der Waals surface area contributed by atoms with Crippen LogP contribution in [0.1, 0.15) is 43.7 Å². The van der Waals surface area contributed by atoms with Crippen molar-refractivity contribution in [3.05, 3.63) is 29.3 Å². The summed E-state index contributed by atoms with van der Waals surface area (Å²) in [4.78, 5) is 2.56. The van der Waals surface area contributed by atoms with Crippen molar-refractivity contribution < 1.29 is 0 Å². The Kier molecular flexibility index (Phi) is 3.91. The first-order valence-corrected chi connectivity index (χ1v) is 8.20. The van der Waals surface area contributed by atoms with Crippen molar-refractivity contribution in [2.75, 3.05) is 18.0 Å². The van der Waals surface area contributed by atoms with Crippen LogP contribution >= 0.6 is 0 Å². The van der Waals surface area contributed by atoms with Crippen molar-refractivity contribution in [1.29, 1.82) is 5.26 Å². The highest BCUT2D eigenvalue weighted by molar-refractivity contribution is 5.57. The van der Waals surface area contributed by atoms with Crippen molar-refractivity contribution in [3.63, 3.8) is 0 Å². The molecule has 0 aromatic heterocycles. The van der Waals surface area contributed by atoms with E-state index in [9.17, 15) is 5.26 Å². The SMILES string of the molecule is CCNC1(C#N)CCC(N2CCCc3cc(C)ccc32)C1. The van der Waals surface area contributed by atoms with Crippen LogP contribution in [-0.4, -0.2) is 24.7 Å². The molecule has 0 spiro atoms. The van der Waals surface area contributed by atoms with Gasteiger partial charge in [0.15, 0.2) is 0 Å². The predicted molar refractivity (Wildman–Crippen MR) is 86.5 cm³/mol. The van der Waals surface area contributed by atoms with Crippen LogP contribution in [0, 0.1) is 18.3 Å². The number of rotatable bonds is 3. The van der Waals surface area contributed by atoms with E-state index in [1.54, 1.807) is 0 Å². The van der Waals surface area contributed by atoms with E-state index in [0.717, 1.165) is 32.4 Å². The molecule has 2 unspecified atom stereocenters. The van der Waals surface area contributed by atoms with Crippen LogP contribution in [0.25, 0.3) is 0 Å². The number of hydrogen-bond acceptors (Lipinski definition) is 3. The van der Waals surface area contributed by atoms with Gasteiger partial charge in [0, 0.05) is 18.3 Å². The molecule has 0 radical (unpaired) electrons. The smallest absolute Gasteiger partial charge is 0.108 e. The van der Waals surface area contributed by atoms with E-state index in [1.807, 2.05) is 0 Å². The fourth-order valence-electron chi connectivity index (χ4n) is 4.06. The highest BCUT2D eigenvalue weighted by atomic mass is 15.2. The predicted octanol–water partition coefficient (Wildman–Crippen LogP) is 3.17.